The molecule has 2 aliphatic rings. The predicted molar refractivity (Wildman–Crippen MR) is 69.7 cm³/mol. The van der Waals surface area contributed by atoms with Crippen molar-refractivity contribution in [3.63, 3.8) is 0 Å². The average molecular weight is 222 g/mol. The summed E-state index contributed by atoms with van der Waals surface area (Å²) in [5.41, 5.74) is 1.99. The maximum absolute atomic E-state index is 3.77. The van der Waals surface area contributed by atoms with Gasteiger partial charge in [-0.05, 0) is 39.2 Å². The van der Waals surface area contributed by atoms with Crippen LogP contribution < -0.4 is 5.32 Å². The Labute approximate surface area is 100 Å². The van der Waals surface area contributed by atoms with Crippen LogP contribution in [0.4, 0.5) is 0 Å². The van der Waals surface area contributed by atoms with Crippen LogP contribution in [0.25, 0.3) is 0 Å². The van der Waals surface area contributed by atoms with Crippen molar-refractivity contribution >= 4 is 0 Å². The second-order valence-corrected chi connectivity index (χ2v) is 5.61. The molecule has 0 amide bonds. The van der Waals surface area contributed by atoms with Crippen LogP contribution in [-0.4, -0.2) is 36.6 Å². The summed E-state index contributed by atoms with van der Waals surface area (Å²) in [5.74, 6) is 0. The van der Waals surface area contributed by atoms with Crippen molar-refractivity contribution in [1.29, 1.82) is 0 Å². The maximum Gasteiger partial charge on any atom is 0.0309 e. The van der Waals surface area contributed by atoms with Crippen LogP contribution in [0.3, 0.4) is 0 Å². The van der Waals surface area contributed by atoms with Gasteiger partial charge in [0.2, 0.25) is 0 Å². The molecule has 1 N–H and O–H groups in total. The zero-order valence-electron chi connectivity index (χ0n) is 10.9. The minimum absolute atomic E-state index is 0.437. The Bertz CT molecular complexity index is 251. The quantitative estimate of drug-likeness (QED) is 0.735. The fourth-order valence-electron chi connectivity index (χ4n) is 3.33. The van der Waals surface area contributed by atoms with Crippen molar-refractivity contribution in [2.45, 2.75) is 51.5 Å². The Morgan fingerprint density at radius 3 is 3.00 bits per heavy atom. The summed E-state index contributed by atoms with van der Waals surface area (Å²) in [6, 6.07) is 0. The molecule has 0 aromatic heterocycles. The van der Waals surface area contributed by atoms with E-state index in [-0.39, 0.29) is 0 Å². The minimum atomic E-state index is 0.437. The van der Waals surface area contributed by atoms with E-state index in [1.165, 1.54) is 58.3 Å². The van der Waals surface area contributed by atoms with Gasteiger partial charge in [-0.15, -0.1) is 0 Å². The molecule has 2 aliphatic heterocycles. The van der Waals surface area contributed by atoms with Crippen LogP contribution >= 0.6 is 0 Å². The van der Waals surface area contributed by atoms with Crippen LogP contribution in [0, 0.1) is 0 Å². The van der Waals surface area contributed by atoms with Crippen LogP contribution in [0.15, 0.2) is 11.6 Å². The Morgan fingerprint density at radius 2 is 2.38 bits per heavy atom. The van der Waals surface area contributed by atoms with Gasteiger partial charge in [0.1, 0.15) is 0 Å². The van der Waals surface area contributed by atoms with Crippen molar-refractivity contribution < 1.29 is 0 Å². The lowest BCUT2D eigenvalue weighted by atomic mass is 9.90. The summed E-state index contributed by atoms with van der Waals surface area (Å²) in [5, 5.41) is 3.77. The van der Waals surface area contributed by atoms with Crippen molar-refractivity contribution in [2.24, 2.45) is 0 Å². The van der Waals surface area contributed by atoms with Crippen molar-refractivity contribution in [3.8, 4) is 0 Å². The van der Waals surface area contributed by atoms with E-state index in [1.54, 1.807) is 5.57 Å². The Hall–Kier alpha value is -0.340. The second kappa shape index (κ2) is 5.33. The molecule has 0 saturated carbocycles. The van der Waals surface area contributed by atoms with Crippen LogP contribution in [0.1, 0.15) is 46.0 Å². The highest BCUT2D eigenvalue weighted by atomic mass is 15.2. The monoisotopic (exact) mass is 222 g/mol. The second-order valence-electron chi connectivity index (χ2n) is 5.61. The third-order valence-electron chi connectivity index (χ3n) is 4.00. The summed E-state index contributed by atoms with van der Waals surface area (Å²) >= 11 is 0. The minimum Gasteiger partial charge on any atom is -0.310 e. The fraction of sp³-hybridized carbons (Fsp3) is 0.857. The summed E-state index contributed by atoms with van der Waals surface area (Å²) in [4.78, 5) is 2.64. The van der Waals surface area contributed by atoms with Crippen LogP contribution in [-0.2, 0) is 0 Å². The first-order chi connectivity index (χ1) is 7.74. The molecule has 0 radical (unpaired) electrons. The zero-order chi connectivity index (χ0) is 11.4. The number of hydrogen-bond acceptors (Lipinski definition) is 2. The first kappa shape index (κ1) is 12.1. The molecule has 2 heterocycles. The Kier molecular flexibility index (Phi) is 4.04. The van der Waals surface area contributed by atoms with E-state index in [0.717, 1.165) is 0 Å². The predicted octanol–water partition coefficient (Wildman–Crippen LogP) is 2.56. The van der Waals surface area contributed by atoms with Gasteiger partial charge in [0.15, 0.2) is 0 Å². The zero-order valence-corrected chi connectivity index (χ0v) is 10.9. The van der Waals surface area contributed by atoms with Gasteiger partial charge >= 0.3 is 0 Å². The molecule has 2 rings (SSSR count). The lowest BCUT2D eigenvalue weighted by molar-refractivity contribution is 0.191. The van der Waals surface area contributed by atoms with Gasteiger partial charge in [0, 0.05) is 25.2 Å². The van der Waals surface area contributed by atoms with E-state index in [0.29, 0.717) is 5.54 Å². The van der Waals surface area contributed by atoms with Gasteiger partial charge in [0.25, 0.3) is 0 Å². The molecule has 0 spiro atoms. The largest absolute Gasteiger partial charge is 0.310 e. The molecule has 16 heavy (non-hydrogen) atoms. The van der Waals surface area contributed by atoms with E-state index in [2.05, 4.69) is 30.1 Å². The smallest absolute Gasteiger partial charge is 0.0309 e. The molecule has 0 aliphatic carbocycles. The molecular weight excluding hydrogens is 196 g/mol. The van der Waals surface area contributed by atoms with Gasteiger partial charge in [-0.25, -0.2) is 0 Å². The maximum atomic E-state index is 3.77. The van der Waals surface area contributed by atoms with E-state index >= 15 is 0 Å². The van der Waals surface area contributed by atoms with Gasteiger partial charge in [-0.3, -0.25) is 4.90 Å². The third kappa shape index (κ3) is 2.86. The first-order valence-electron chi connectivity index (χ1n) is 6.87. The van der Waals surface area contributed by atoms with Gasteiger partial charge < -0.3 is 5.32 Å². The highest BCUT2D eigenvalue weighted by Gasteiger charge is 2.34. The summed E-state index contributed by atoms with van der Waals surface area (Å²) < 4.78 is 0. The molecule has 1 unspecified atom stereocenters. The summed E-state index contributed by atoms with van der Waals surface area (Å²) in [6.07, 6.45) is 9.02. The van der Waals surface area contributed by atoms with E-state index < -0.39 is 0 Å². The highest BCUT2D eigenvalue weighted by molar-refractivity contribution is 5.06. The molecule has 2 heteroatoms. The number of hydrogen-bond donors (Lipinski definition) is 1. The fourth-order valence-corrected chi connectivity index (χ4v) is 3.33. The van der Waals surface area contributed by atoms with Gasteiger partial charge in [0.05, 0.1) is 0 Å². The lowest BCUT2D eigenvalue weighted by Crippen LogP contribution is -2.50. The molecule has 2 nitrogen and oxygen atoms in total. The number of rotatable bonds is 4. The number of nitrogens with one attached hydrogen (secondary N) is 1. The topological polar surface area (TPSA) is 15.3 Å². The van der Waals surface area contributed by atoms with Gasteiger partial charge in [-0.2, -0.15) is 0 Å². The molecule has 1 atom stereocenters. The summed E-state index contributed by atoms with van der Waals surface area (Å²) in [6.45, 7) is 9.50. The normalized spacial score (nSPS) is 31.8. The van der Waals surface area contributed by atoms with Crippen molar-refractivity contribution in [3.05, 3.63) is 11.6 Å². The van der Waals surface area contributed by atoms with E-state index in [1.807, 2.05) is 0 Å². The Balaban J connectivity index is 1.93. The van der Waals surface area contributed by atoms with E-state index in [4.69, 9.17) is 0 Å². The molecular formula is C14H26N2. The van der Waals surface area contributed by atoms with Crippen molar-refractivity contribution in [1.82, 2.24) is 10.2 Å². The SMILES string of the molecule is CCCC1(CN2CCC=C(C)C2)CCCN1. The first-order valence-corrected chi connectivity index (χ1v) is 6.87. The third-order valence-corrected chi connectivity index (χ3v) is 4.00. The Morgan fingerprint density at radius 1 is 1.50 bits per heavy atom. The van der Waals surface area contributed by atoms with Crippen LogP contribution in [0.2, 0.25) is 0 Å². The highest BCUT2D eigenvalue weighted by Crippen LogP contribution is 2.26. The van der Waals surface area contributed by atoms with Crippen molar-refractivity contribution in [2.75, 3.05) is 26.2 Å². The average Bonchev–Trinajstić information content (AvgIpc) is 2.67. The van der Waals surface area contributed by atoms with E-state index in [9.17, 15) is 0 Å². The molecule has 1 saturated heterocycles. The van der Waals surface area contributed by atoms with Crippen LogP contribution in [0.5, 0.6) is 0 Å². The standard InChI is InChI=1S/C14H26N2/c1-3-7-14(8-5-9-15-14)12-16-10-4-6-13(2)11-16/h6,15H,3-5,7-12H2,1-2H3. The summed E-state index contributed by atoms with van der Waals surface area (Å²) in [7, 11) is 0. The molecule has 1 fully saturated rings. The number of nitrogens with zero attached hydrogens (tertiary/aromatic N) is 1. The molecule has 0 bridgehead atoms. The molecule has 0 aromatic carbocycles. The lowest BCUT2D eigenvalue weighted by Gasteiger charge is -2.37. The van der Waals surface area contributed by atoms with Gasteiger partial charge in [-0.1, -0.05) is 25.0 Å². The molecule has 0 aromatic rings. The molecule has 92 valence electrons.